The van der Waals surface area contributed by atoms with Gasteiger partial charge in [0.05, 0.1) is 22.8 Å². The molecular formula is C20H27NO6S2. The van der Waals surface area contributed by atoms with Crippen molar-refractivity contribution in [3.05, 3.63) is 22.4 Å². The minimum atomic E-state index is -3.12. The van der Waals surface area contributed by atoms with Crippen molar-refractivity contribution in [3.63, 3.8) is 0 Å². The molecule has 0 aromatic carbocycles. The summed E-state index contributed by atoms with van der Waals surface area (Å²) in [6.45, 7) is -0.404. The van der Waals surface area contributed by atoms with Crippen LogP contribution in [0.3, 0.4) is 0 Å². The van der Waals surface area contributed by atoms with E-state index in [0.717, 1.165) is 32.1 Å². The number of nitrogens with zero attached hydrogens (tertiary/aromatic N) is 1. The number of ether oxygens (including phenoxy) is 1. The molecule has 3 rings (SSSR count). The SMILES string of the molecule is O=C(CCC(=O)c1cccs1)OCC(=O)N(C1CCCCC1)C1CCS(=O)(=O)C1. The molecule has 2 aliphatic rings. The molecule has 1 unspecified atom stereocenters. The van der Waals surface area contributed by atoms with Gasteiger partial charge in [0.2, 0.25) is 0 Å². The van der Waals surface area contributed by atoms with Gasteiger partial charge in [0.1, 0.15) is 0 Å². The lowest BCUT2D eigenvalue weighted by Crippen LogP contribution is -2.50. The average Bonchev–Trinajstić information content (AvgIpc) is 3.35. The zero-order valence-corrected chi connectivity index (χ0v) is 18.0. The first-order valence-electron chi connectivity index (χ1n) is 10.1. The molecule has 1 saturated heterocycles. The van der Waals surface area contributed by atoms with Crippen molar-refractivity contribution in [2.75, 3.05) is 18.1 Å². The molecule has 2 fully saturated rings. The van der Waals surface area contributed by atoms with Crippen molar-refractivity contribution in [3.8, 4) is 0 Å². The lowest BCUT2D eigenvalue weighted by atomic mass is 9.93. The Morgan fingerprint density at radius 1 is 1.07 bits per heavy atom. The molecule has 1 aliphatic heterocycles. The summed E-state index contributed by atoms with van der Waals surface area (Å²) >= 11 is 1.32. The third kappa shape index (κ3) is 6.12. The predicted octanol–water partition coefficient (Wildman–Crippen LogP) is 2.60. The Bertz CT molecular complexity index is 827. The molecule has 2 heterocycles. The predicted molar refractivity (Wildman–Crippen MR) is 110 cm³/mol. The van der Waals surface area contributed by atoms with Gasteiger partial charge >= 0.3 is 5.97 Å². The highest BCUT2D eigenvalue weighted by Gasteiger charge is 2.38. The van der Waals surface area contributed by atoms with Crippen LogP contribution in [0.4, 0.5) is 0 Å². The summed E-state index contributed by atoms with van der Waals surface area (Å²) in [4.78, 5) is 39.1. The summed E-state index contributed by atoms with van der Waals surface area (Å²) in [5.41, 5.74) is 0. The first-order chi connectivity index (χ1) is 13.9. The number of hydrogen-bond acceptors (Lipinski definition) is 7. The Hall–Kier alpha value is -1.74. The van der Waals surface area contributed by atoms with Crippen molar-refractivity contribution >= 4 is 38.8 Å². The van der Waals surface area contributed by atoms with E-state index in [1.165, 1.54) is 11.3 Å². The van der Waals surface area contributed by atoms with Gasteiger partial charge in [-0.15, -0.1) is 11.3 Å². The maximum absolute atomic E-state index is 12.9. The lowest BCUT2D eigenvalue weighted by molar-refractivity contribution is -0.154. The average molecular weight is 442 g/mol. The van der Waals surface area contributed by atoms with E-state index in [4.69, 9.17) is 4.74 Å². The van der Waals surface area contributed by atoms with Crippen LogP contribution in [0.1, 0.15) is 61.0 Å². The second-order valence-electron chi connectivity index (χ2n) is 7.71. The number of sulfone groups is 1. The number of Topliss-reactive ketones (excluding diaryl/α,β-unsaturated/α-hetero) is 1. The Balaban J connectivity index is 1.53. The molecule has 1 atom stereocenters. The van der Waals surface area contributed by atoms with Crippen molar-refractivity contribution in [1.29, 1.82) is 0 Å². The molecule has 1 aromatic heterocycles. The fourth-order valence-corrected chi connectivity index (χ4v) is 6.53. The minimum absolute atomic E-state index is 0.00802. The van der Waals surface area contributed by atoms with Gasteiger partial charge in [-0.1, -0.05) is 25.3 Å². The van der Waals surface area contributed by atoms with Crippen molar-refractivity contribution in [1.82, 2.24) is 4.90 Å². The van der Waals surface area contributed by atoms with Crippen LogP contribution in [0.2, 0.25) is 0 Å². The quantitative estimate of drug-likeness (QED) is 0.454. The van der Waals surface area contributed by atoms with E-state index >= 15 is 0 Å². The summed E-state index contributed by atoms with van der Waals surface area (Å²) in [5.74, 6) is -0.969. The molecule has 7 nitrogen and oxygen atoms in total. The van der Waals surface area contributed by atoms with Crippen molar-refractivity contribution < 1.29 is 27.5 Å². The molecule has 1 aliphatic carbocycles. The third-order valence-electron chi connectivity index (χ3n) is 5.57. The molecular weight excluding hydrogens is 414 g/mol. The highest BCUT2D eigenvalue weighted by Crippen LogP contribution is 2.28. The van der Waals surface area contributed by atoms with Gasteiger partial charge in [0.15, 0.2) is 22.2 Å². The van der Waals surface area contributed by atoms with Crippen LogP contribution >= 0.6 is 11.3 Å². The van der Waals surface area contributed by atoms with Gasteiger partial charge in [0, 0.05) is 18.5 Å². The van der Waals surface area contributed by atoms with Crippen LogP contribution in [-0.4, -0.2) is 61.2 Å². The Morgan fingerprint density at radius 2 is 1.83 bits per heavy atom. The monoisotopic (exact) mass is 441 g/mol. The largest absolute Gasteiger partial charge is 0.456 e. The number of rotatable bonds is 8. The second kappa shape index (κ2) is 9.84. The topological polar surface area (TPSA) is 97.8 Å². The van der Waals surface area contributed by atoms with E-state index in [1.54, 1.807) is 22.4 Å². The minimum Gasteiger partial charge on any atom is -0.456 e. The fraction of sp³-hybridized carbons (Fsp3) is 0.650. The van der Waals surface area contributed by atoms with Gasteiger partial charge in [0.25, 0.3) is 5.91 Å². The van der Waals surface area contributed by atoms with E-state index < -0.39 is 22.4 Å². The van der Waals surface area contributed by atoms with Gasteiger partial charge < -0.3 is 9.64 Å². The van der Waals surface area contributed by atoms with Gasteiger partial charge in [-0.05, 0) is 30.7 Å². The molecule has 29 heavy (non-hydrogen) atoms. The van der Waals surface area contributed by atoms with Crippen molar-refractivity contribution in [2.45, 2.75) is 63.5 Å². The first kappa shape index (κ1) is 22.0. The molecule has 0 radical (unpaired) electrons. The van der Waals surface area contributed by atoms with Crippen LogP contribution in [0.15, 0.2) is 17.5 Å². The Labute approximate surface area is 175 Å². The van der Waals surface area contributed by atoms with Crippen LogP contribution in [0, 0.1) is 0 Å². The molecule has 0 N–H and O–H groups in total. The molecule has 9 heteroatoms. The van der Waals surface area contributed by atoms with E-state index in [-0.39, 0.29) is 48.1 Å². The lowest BCUT2D eigenvalue weighted by Gasteiger charge is -2.38. The van der Waals surface area contributed by atoms with Crippen LogP contribution in [0.25, 0.3) is 0 Å². The zero-order valence-electron chi connectivity index (χ0n) is 16.4. The van der Waals surface area contributed by atoms with Crippen LogP contribution in [0.5, 0.6) is 0 Å². The number of amides is 1. The van der Waals surface area contributed by atoms with Crippen LogP contribution in [-0.2, 0) is 24.2 Å². The van der Waals surface area contributed by atoms with E-state index in [9.17, 15) is 22.8 Å². The van der Waals surface area contributed by atoms with Crippen LogP contribution < -0.4 is 0 Å². The van der Waals surface area contributed by atoms with Gasteiger partial charge in [-0.25, -0.2) is 8.42 Å². The third-order valence-corrected chi connectivity index (χ3v) is 8.23. The number of carbonyl (C=O) groups excluding carboxylic acids is 3. The number of esters is 1. The summed E-state index contributed by atoms with van der Waals surface area (Å²) in [5, 5.41) is 1.80. The Kier molecular flexibility index (Phi) is 7.45. The number of hydrogen-bond donors (Lipinski definition) is 0. The Morgan fingerprint density at radius 3 is 2.45 bits per heavy atom. The normalized spacial score (nSPS) is 21.6. The zero-order chi connectivity index (χ0) is 20.9. The molecule has 1 amide bonds. The highest BCUT2D eigenvalue weighted by atomic mass is 32.2. The number of thiophene rings is 1. The molecule has 0 spiro atoms. The molecule has 1 saturated carbocycles. The van der Waals surface area contributed by atoms with E-state index in [0.29, 0.717) is 11.3 Å². The summed E-state index contributed by atoms with van der Waals surface area (Å²) < 4.78 is 28.9. The summed E-state index contributed by atoms with van der Waals surface area (Å²) in [7, 11) is -3.12. The van der Waals surface area contributed by atoms with Crippen molar-refractivity contribution in [2.24, 2.45) is 0 Å². The smallest absolute Gasteiger partial charge is 0.306 e. The summed E-state index contributed by atoms with van der Waals surface area (Å²) in [6, 6.07) is 3.15. The standard InChI is InChI=1S/C20H27NO6S2/c22-17(18-7-4-11-28-18)8-9-20(24)27-13-19(23)21(15-5-2-1-3-6-15)16-10-12-29(25,26)14-16/h4,7,11,15-16H,1-3,5-6,8-10,12-14H2. The molecule has 0 bridgehead atoms. The van der Waals surface area contributed by atoms with Gasteiger partial charge in [-0.2, -0.15) is 0 Å². The molecule has 1 aromatic rings. The van der Waals surface area contributed by atoms with Gasteiger partial charge in [-0.3, -0.25) is 14.4 Å². The first-order valence-corrected chi connectivity index (χ1v) is 12.8. The molecule has 160 valence electrons. The maximum atomic E-state index is 12.9. The fourth-order valence-electron chi connectivity index (χ4n) is 4.12. The summed E-state index contributed by atoms with van der Waals surface area (Å²) in [6.07, 6.45) is 5.25. The second-order valence-corrected chi connectivity index (χ2v) is 10.9. The number of carbonyl (C=O) groups is 3. The maximum Gasteiger partial charge on any atom is 0.306 e. The highest BCUT2D eigenvalue weighted by molar-refractivity contribution is 7.91. The van der Waals surface area contributed by atoms with E-state index in [1.807, 2.05) is 0 Å². The number of ketones is 1. The van der Waals surface area contributed by atoms with E-state index in [2.05, 4.69) is 0 Å².